The van der Waals surface area contributed by atoms with E-state index in [9.17, 15) is 14.9 Å². The molecule has 27 heavy (non-hydrogen) atoms. The first-order valence-electron chi connectivity index (χ1n) is 7.94. The molecule has 0 atom stereocenters. The molecule has 0 unspecified atom stereocenters. The van der Waals surface area contributed by atoms with Crippen molar-refractivity contribution in [3.05, 3.63) is 92.6 Å². The average Bonchev–Trinajstić information content (AvgIpc) is 3.21. The van der Waals surface area contributed by atoms with Crippen molar-refractivity contribution in [1.29, 1.82) is 5.26 Å². The number of benzene rings is 2. The maximum Gasteiger partial charge on any atom is 0.257 e. The van der Waals surface area contributed by atoms with Gasteiger partial charge in [-0.1, -0.05) is 41.9 Å². The van der Waals surface area contributed by atoms with Crippen LogP contribution < -0.4 is 5.32 Å². The number of ketones is 1. The van der Waals surface area contributed by atoms with Crippen LogP contribution in [0.5, 0.6) is 0 Å². The highest BCUT2D eigenvalue weighted by Crippen LogP contribution is 2.20. The van der Waals surface area contributed by atoms with Crippen molar-refractivity contribution in [2.24, 2.45) is 0 Å². The van der Waals surface area contributed by atoms with E-state index in [4.69, 9.17) is 11.6 Å². The monoisotopic (exact) mass is 392 g/mol. The molecule has 1 aromatic heterocycles. The summed E-state index contributed by atoms with van der Waals surface area (Å²) in [5, 5.41) is 14.2. The largest absolute Gasteiger partial charge is 0.322 e. The van der Waals surface area contributed by atoms with Crippen LogP contribution in [0.3, 0.4) is 0 Å². The summed E-state index contributed by atoms with van der Waals surface area (Å²) in [5.41, 5.74) is 1.57. The van der Waals surface area contributed by atoms with Gasteiger partial charge in [0.2, 0.25) is 5.78 Å². The fraction of sp³-hybridized carbons (Fsp3) is 0. The van der Waals surface area contributed by atoms with Crippen molar-refractivity contribution in [3.63, 3.8) is 0 Å². The van der Waals surface area contributed by atoms with E-state index in [0.717, 1.165) is 0 Å². The van der Waals surface area contributed by atoms with Crippen LogP contribution in [0.2, 0.25) is 5.02 Å². The first-order chi connectivity index (χ1) is 13.1. The third-order valence-electron chi connectivity index (χ3n) is 3.68. The Labute approximate surface area is 165 Å². The number of anilines is 1. The van der Waals surface area contributed by atoms with E-state index in [1.807, 2.05) is 6.07 Å². The Kier molecular flexibility index (Phi) is 5.82. The number of hydrogen-bond acceptors (Lipinski definition) is 4. The standard InChI is InChI=1S/C21H13ClN2O2S/c22-18-8-2-1-7-17(18)21(26)24-16-6-3-5-14(12-16)11-15(13-23)20(25)19-9-4-10-27-19/h1-12H,(H,24,26)/b15-11+. The lowest BCUT2D eigenvalue weighted by molar-refractivity contribution is 0.102. The summed E-state index contributed by atoms with van der Waals surface area (Å²) in [4.78, 5) is 25.2. The molecule has 0 spiro atoms. The van der Waals surface area contributed by atoms with Crippen molar-refractivity contribution in [3.8, 4) is 6.07 Å². The zero-order valence-corrected chi connectivity index (χ0v) is 15.6. The van der Waals surface area contributed by atoms with Crippen LogP contribution in [0, 0.1) is 11.3 Å². The number of Topliss-reactive ketones (excluding diaryl/α,β-unsaturated/α-hetero) is 1. The van der Waals surface area contributed by atoms with Gasteiger partial charge in [0.05, 0.1) is 15.5 Å². The summed E-state index contributed by atoms with van der Waals surface area (Å²) < 4.78 is 0. The maximum absolute atomic E-state index is 12.4. The van der Waals surface area contributed by atoms with Crippen molar-refractivity contribution >= 4 is 46.4 Å². The second kappa shape index (κ2) is 8.45. The number of amides is 1. The van der Waals surface area contributed by atoms with E-state index in [1.54, 1.807) is 66.0 Å². The van der Waals surface area contributed by atoms with Gasteiger partial charge in [-0.25, -0.2) is 0 Å². The van der Waals surface area contributed by atoms with E-state index in [-0.39, 0.29) is 17.3 Å². The minimum absolute atomic E-state index is 0.0343. The molecule has 0 aliphatic rings. The van der Waals surface area contributed by atoms with Gasteiger partial charge in [0.25, 0.3) is 5.91 Å². The minimum Gasteiger partial charge on any atom is -0.322 e. The van der Waals surface area contributed by atoms with Crippen molar-refractivity contribution in [2.45, 2.75) is 0 Å². The molecule has 0 aliphatic heterocycles. The fourth-order valence-electron chi connectivity index (χ4n) is 2.41. The maximum atomic E-state index is 12.4. The molecule has 0 saturated carbocycles. The van der Waals surface area contributed by atoms with Gasteiger partial charge >= 0.3 is 0 Å². The molecule has 132 valence electrons. The number of carbonyl (C=O) groups is 2. The van der Waals surface area contributed by atoms with Gasteiger partial charge in [-0.15, -0.1) is 11.3 Å². The Hall–Kier alpha value is -3.20. The normalized spacial score (nSPS) is 10.9. The molecule has 0 aliphatic carbocycles. The SMILES string of the molecule is N#C/C(=C\c1cccc(NC(=O)c2ccccc2Cl)c1)C(=O)c1cccs1. The topological polar surface area (TPSA) is 70.0 Å². The molecule has 6 heteroatoms. The Morgan fingerprint density at radius 1 is 1.07 bits per heavy atom. The highest BCUT2D eigenvalue weighted by molar-refractivity contribution is 7.12. The number of halogens is 1. The number of allylic oxidation sites excluding steroid dienone is 1. The number of thiophene rings is 1. The molecule has 4 nitrogen and oxygen atoms in total. The lowest BCUT2D eigenvalue weighted by Gasteiger charge is -2.07. The average molecular weight is 393 g/mol. The van der Waals surface area contributed by atoms with Gasteiger partial charge in [-0.3, -0.25) is 9.59 Å². The van der Waals surface area contributed by atoms with Gasteiger partial charge in [-0.05, 0) is 47.4 Å². The van der Waals surface area contributed by atoms with Gasteiger partial charge < -0.3 is 5.32 Å². The Morgan fingerprint density at radius 3 is 2.59 bits per heavy atom. The second-order valence-corrected chi connectivity index (χ2v) is 6.89. The van der Waals surface area contributed by atoms with Crippen LogP contribution in [-0.2, 0) is 0 Å². The minimum atomic E-state index is -0.336. The fourth-order valence-corrected chi connectivity index (χ4v) is 3.31. The smallest absolute Gasteiger partial charge is 0.257 e. The molecule has 0 bridgehead atoms. The lowest BCUT2D eigenvalue weighted by Crippen LogP contribution is -2.12. The molecule has 2 aromatic carbocycles. The molecule has 1 amide bonds. The first kappa shape index (κ1) is 18.6. The third kappa shape index (κ3) is 4.50. The summed E-state index contributed by atoms with van der Waals surface area (Å²) in [6.45, 7) is 0. The third-order valence-corrected chi connectivity index (χ3v) is 4.88. The molecule has 1 heterocycles. The van der Waals surface area contributed by atoms with E-state index in [0.29, 0.717) is 26.7 Å². The van der Waals surface area contributed by atoms with E-state index < -0.39 is 0 Å². The predicted molar refractivity (Wildman–Crippen MR) is 108 cm³/mol. The zero-order valence-electron chi connectivity index (χ0n) is 14.0. The molecule has 3 rings (SSSR count). The zero-order chi connectivity index (χ0) is 19.2. The summed E-state index contributed by atoms with van der Waals surface area (Å²) in [7, 11) is 0. The summed E-state index contributed by atoms with van der Waals surface area (Å²) >= 11 is 7.33. The molecular weight excluding hydrogens is 380 g/mol. The van der Waals surface area contributed by atoms with Crippen LogP contribution in [0.15, 0.2) is 71.6 Å². The highest BCUT2D eigenvalue weighted by atomic mass is 35.5. The second-order valence-electron chi connectivity index (χ2n) is 5.54. The van der Waals surface area contributed by atoms with Gasteiger partial charge in [0.1, 0.15) is 11.6 Å². The van der Waals surface area contributed by atoms with Crippen LogP contribution in [0.25, 0.3) is 6.08 Å². The van der Waals surface area contributed by atoms with Crippen molar-refractivity contribution in [2.75, 3.05) is 5.32 Å². The number of nitrogens with zero attached hydrogens (tertiary/aromatic N) is 1. The quantitative estimate of drug-likeness (QED) is 0.357. The van der Waals surface area contributed by atoms with E-state index in [1.165, 1.54) is 17.4 Å². The van der Waals surface area contributed by atoms with Crippen LogP contribution in [0.1, 0.15) is 25.6 Å². The number of nitriles is 1. The highest BCUT2D eigenvalue weighted by Gasteiger charge is 2.13. The van der Waals surface area contributed by atoms with Crippen LogP contribution in [0.4, 0.5) is 5.69 Å². The molecule has 3 aromatic rings. The molecule has 0 saturated heterocycles. The summed E-state index contributed by atoms with van der Waals surface area (Å²) in [5.74, 6) is -0.657. The van der Waals surface area contributed by atoms with Crippen molar-refractivity contribution in [1.82, 2.24) is 0 Å². The predicted octanol–water partition coefficient (Wildman–Crippen LogP) is 5.44. The van der Waals surface area contributed by atoms with Gasteiger partial charge in [0, 0.05) is 5.69 Å². The van der Waals surface area contributed by atoms with Crippen molar-refractivity contribution < 1.29 is 9.59 Å². The number of rotatable bonds is 5. The molecule has 0 radical (unpaired) electrons. The van der Waals surface area contributed by atoms with Crippen LogP contribution in [-0.4, -0.2) is 11.7 Å². The number of nitrogens with one attached hydrogen (secondary N) is 1. The van der Waals surface area contributed by atoms with Gasteiger partial charge in [-0.2, -0.15) is 5.26 Å². The molecule has 0 fully saturated rings. The number of hydrogen-bond donors (Lipinski definition) is 1. The Morgan fingerprint density at radius 2 is 1.89 bits per heavy atom. The lowest BCUT2D eigenvalue weighted by atomic mass is 10.1. The molecular formula is C21H13ClN2O2S. The summed E-state index contributed by atoms with van der Waals surface area (Å²) in [6.07, 6.45) is 1.51. The first-order valence-corrected chi connectivity index (χ1v) is 9.20. The van der Waals surface area contributed by atoms with E-state index in [2.05, 4.69) is 5.32 Å². The summed E-state index contributed by atoms with van der Waals surface area (Å²) in [6, 6.07) is 19.0. The molecule has 1 N–H and O–H groups in total. The Bertz CT molecular complexity index is 1070. The van der Waals surface area contributed by atoms with Gasteiger partial charge in [0.15, 0.2) is 0 Å². The van der Waals surface area contributed by atoms with E-state index >= 15 is 0 Å². The number of carbonyl (C=O) groups excluding carboxylic acids is 2. The Balaban J connectivity index is 1.83. The van der Waals surface area contributed by atoms with Crippen LogP contribution >= 0.6 is 22.9 Å².